The molecule has 0 aliphatic heterocycles. The first-order chi connectivity index (χ1) is 11.2. The topological polar surface area (TPSA) is 45.7 Å². The highest BCUT2D eigenvalue weighted by atomic mass is 32.1. The Labute approximate surface area is 138 Å². The van der Waals surface area contributed by atoms with Gasteiger partial charge in [-0.25, -0.2) is 4.99 Å². The van der Waals surface area contributed by atoms with Gasteiger partial charge in [-0.1, -0.05) is 24.3 Å². The number of para-hydroxylation sites is 1. The second kappa shape index (κ2) is 9.09. The molecule has 0 radical (unpaired) electrons. The normalized spacial score (nSPS) is 11.6. The van der Waals surface area contributed by atoms with Crippen LogP contribution in [0.4, 0.5) is 8.78 Å². The molecule has 0 aliphatic carbocycles. The number of thiophene rings is 1. The van der Waals surface area contributed by atoms with Gasteiger partial charge in [0, 0.05) is 17.0 Å². The minimum Gasteiger partial charge on any atom is -0.434 e. The molecule has 4 nitrogen and oxygen atoms in total. The van der Waals surface area contributed by atoms with E-state index >= 15 is 0 Å². The molecule has 2 N–H and O–H groups in total. The van der Waals surface area contributed by atoms with Gasteiger partial charge in [0.2, 0.25) is 0 Å². The van der Waals surface area contributed by atoms with Crippen LogP contribution in [0.15, 0.2) is 46.8 Å². The number of alkyl halides is 2. The number of guanidine groups is 1. The first kappa shape index (κ1) is 17.2. The number of ether oxygens (including phenoxy) is 1. The summed E-state index contributed by atoms with van der Waals surface area (Å²) in [5.74, 6) is 0.785. The van der Waals surface area contributed by atoms with Gasteiger partial charge in [-0.3, -0.25) is 0 Å². The lowest BCUT2D eigenvalue weighted by atomic mass is 10.2. The van der Waals surface area contributed by atoms with E-state index in [4.69, 9.17) is 0 Å². The molecule has 1 aromatic carbocycles. The van der Waals surface area contributed by atoms with Gasteiger partial charge in [0.25, 0.3) is 0 Å². The molecule has 2 aromatic rings. The maximum Gasteiger partial charge on any atom is 0.387 e. The van der Waals surface area contributed by atoms with Gasteiger partial charge < -0.3 is 15.4 Å². The van der Waals surface area contributed by atoms with Gasteiger partial charge in [-0.15, -0.1) is 11.3 Å². The predicted molar refractivity (Wildman–Crippen MR) is 89.0 cm³/mol. The summed E-state index contributed by atoms with van der Waals surface area (Å²) in [5, 5.41) is 8.36. The van der Waals surface area contributed by atoms with E-state index < -0.39 is 6.61 Å². The van der Waals surface area contributed by atoms with Crippen molar-refractivity contribution in [3.05, 3.63) is 52.2 Å². The van der Waals surface area contributed by atoms with Crippen LogP contribution >= 0.6 is 11.3 Å². The largest absolute Gasteiger partial charge is 0.434 e. The van der Waals surface area contributed by atoms with Crippen molar-refractivity contribution in [2.45, 2.75) is 26.6 Å². The van der Waals surface area contributed by atoms with Crippen LogP contribution < -0.4 is 15.4 Å². The Hall–Kier alpha value is -2.15. The summed E-state index contributed by atoms with van der Waals surface area (Å²) >= 11 is 1.66. The fraction of sp³-hybridized carbons (Fsp3) is 0.312. The van der Waals surface area contributed by atoms with Crippen LogP contribution in [0, 0.1) is 0 Å². The third-order valence-corrected chi connectivity index (χ3v) is 3.83. The van der Waals surface area contributed by atoms with Gasteiger partial charge in [-0.2, -0.15) is 8.78 Å². The second-order valence-electron chi connectivity index (χ2n) is 4.61. The van der Waals surface area contributed by atoms with Crippen LogP contribution in [0.3, 0.4) is 0 Å². The molecule has 1 aromatic heterocycles. The Balaban J connectivity index is 2.02. The van der Waals surface area contributed by atoms with Gasteiger partial charge in [0.05, 0.1) is 13.1 Å². The number of hydrogen-bond acceptors (Lipinski definition) is 3. The van der Waals surface area contributed by atoms with Crippen LogP contribution in [-0.2, 0) is 13.1 Å². The number of hydrogen-bond donors (Lipinski definition) is 2. The van der Waals surface area contributed by atoms with Crippen molar-refractivity contribution in [2.24, 2.45) is 4.99 Å². The highest BCUT2D eigenvalue weighted by molar-refractivity contribution is 7.09. The number of aliphatic imine (C=N–C) groups is 1. The molecule has 0 aliphatic rings. The van der Waals surface area contributed by atoms with Crippen LogP contribution in [0.5, 0.6) is 5.75 Å². The molecule has 0 saturated carbocycles. The third kappa shape index (κ3) is 5.86. The molecule has 0 unspecified atom stereocenters. The van der Waals surface area contributed by atoms with E-state index in [2.05, 4.69) is 20.4 Å². The van der Waals surface area contributed by atoms with Gasteiger partial charge >= 0.3 is 6.61 Å². The zero-order chi connectivity index (χ0) is 16.5. The second-order valence-corrected chi connectivity index (χ2v) is 5.65. The standard InChI is InChI=1S/C16H19F2N3OS/c1-2-19-16(21-11-13-7-5-9-23-13)20-10-12-6-3-4-8-14(12)22-15(17)18/h3-9,15H,2,10-11H2,1H3,(H2,19,20,21). The zero-order valence-corrected chi connectivity index (χ0v) is 13.6. The minimum absolute atomic E-state index is 0.153. The van der Waals surface area contributed by atoms with Crippen molar-refractivity contribution in [2.75, 3.05) is 6.54 Å². The van der Waals surface area contributed by atoms with Crippen molar-refractivity contribution in [1.82, 2.24) is 10.6 Å². The number of benzene rings is 1. The number of nitrogens with one attached hydrogen (secondary N) is 2. The van der Waals surface area contributed by atoms with E-state index in [-0.39, 0.29) is 12.3 Å². The molecule has 0 atom stereocenters. The Morgan fingerprint density at radius 1 is 1.22 bits per heavy atom. The molecule has 2 rings (SSSR count). The van der Waals surface area contributed by atoms with Crippen LogP contribution in [0.2, 0.25) is 0 Å². The smallest absolute Gasteiger partial charge is 0.387 e. The van der Waals surface area contributed by atoms with Gasteiger partial charge in [0.15, 0.2) is 5.96 Å². The third-order valence-electron chi connectivity index (χ3n) is 2.95. The van der Waals surface area contributed by atoms with E-state index in [1.54, 1.807) is 29.5 Å². The van der Waals surface area contributed by atoms with E-state index in [1.165, 1.54) is 10.9 Å². The average Bonchev–Trinajstić information content (AvgIpc) is 3.04. The Morgan fingerprint density at radius 3 is 2.74 bits per heavy atom. The fourth-order valence-electron chi connectivity index (χ4n) is 1.94. The number of nitrogens with zero attached hydrogens (tertiary/aromatic N) is 1. The molecule has 0 bridgehead atoms. The molecule has 0 amide bonds. The lowest BCUT2D eigenvalue weighted by molar-refractivity contribution is -0.0504. The van der Waals surface area contributed by atoms with Crippen molar-refractivity contribution < 1.29 is 13.5 Å². The van der Waals surface area contributed by atoms with Crippen molar-refractivity contribution in [3.8, 4) is 5.75 Å². The highest BCUT2D eigenvalue weighted by Gasteiger charge is 2.09. The van der Waals surface area contributed by atoms with Crippen LogP contribution in [0.25, 0.3) is 0 Å². The monoisotopic (exact) mass is 339 g/mol. The predicted octanol–water partition coefficient (Wildman–Crippen LogP) is 3.60. The lowest BCUT2D eigenvalue weighted by Gasteiger charge is -2.12. The molecular weight excluding hydrogens is 320 g/mol. The van der Waals surface area contributed by atoms with Crippen molar-refractivity contribution in [3.63, 3.8) is 0 Å². The molecule has 7 heteroatoms. The summed E-state index contributed by atoms with van der Waals surface area (Å²) in [5.41, 5.74) is 0.612. The summed E-state index contributed by atoms with van der Waals surface area (Å²) in [4.78, 5) is 5.62. The average molecular weight is 339 g/mol. The molecule has 0 saturated heterocycles. The molecular formula is C16H19F2N3OS. The number of halogens is 2. The lowest BCUT2D eigenvalue weighted by Crippen LogP contribution is -2.36. The van der Waals surface area contributed by atoms with Crippen molar-refractivity contribution in [1.29, 1.82) is 0 Å². The summed E-state index contributed by atoms with van der Waals surface area (Å²) in [6, 6.07) is 10.7. The van der Waals surface area contributed by atoms with Crippen LogP contribution in [0.1, 0.15) is 17.4 Å². The van der Waals surface area contributed by atoms with E-state index in [9.17, 15) is 8.78 Å². The van der Waals surface area contributed by atoms with E-state index in [0.29, 0.717) is 24.6 Å². The fourth-order valence-corrected chi connectivity index (χ4v) is 2.58. The summed E-state index contributed by atoms with van der Waals surface area (Å²) < 4.78 is 29.3. The zero-order valence-electron chi connectivity index (χ0n) is 12.8. The maximum absolute atomic E-state index is 12.4. The quantitative estimate of drug-likeness (QED) is 0.598. The first-order valence-corrected chi connectivity index (χ1v) is 8.14. The number of rotatable bonds is 7. The summed E-state index contributed by atoms with van der Waals surface area (Å²) in [6.45, 7) is 0.758. The SMILES string of the molecule is CCNC(=NCc1ccccc1OC(F)F)NCc1cccs1. The molecule has 0 fully saturated rings. The Kier molecular flexibility index (Phi) is 6.80. The van der Waals surface area contributed by atoms with E-state index in [0.717, 1.165) is 0 Å². The molecule has 23 heavy (non-hydrogen) atoms. The van der Waals surface area contributed by atoms with Crippen LogP contribution in [-0.4, -0.2) is 19.1 Å². The maximum atomic E-state index is 12.4. The first-order valence-electron chi connectivity index (χ1n) is 7.26. The van der Waals surface area contributed by atoms with E-state index in [1.807, 2.05) is 24.4 Å². The summed E-state index contributed by atoms with van der Waals surface area (Å²) in [6.07, 6.45) is 0. The van der Waals surface area contributed by atoms with Gasteiger partial charge in [-0.05, 0) is 24.4 Å². The highest BCUT2D eigenvalue weighted by Crippen LogP contribution is 2.20. The van der Waals surface area contributed by atoms with Crippen molar-refractivity contribution >= 4 is 17.3 Å². The van der Waals surface area contributed by atoms with Gasteiger partial charge in [0.1, 0.15) is 5.75 Å². The molecule has 124 valence electrons. The molecule has 0 spiro atoms. The summed E-state index contributed by atoms with van der Waals surface area (Å²) in [7, 11) is 0. The Bertz CT molecular complexity index is 618. The minimum atomic E-state index is -2.84. The Morgan fingerprint density at radius 2 is 2.04 bits per heavy atom. The molecule has 1 heterocycles.